The van der Waals surface area contributed by atoms with Crippen molar-refractivity contribution in [3.05, 3.63) is 60.2 Å². The number of rotatable bonds is 6. The topological polar surface area (TPSA) is 35.5 Å². The third kappa shape index (κ3) is 4.09. The molecule has 110 valence electrons. The van der Waals surface area contributed by atoms with E-state index in [-0.39, 0.29) is 11.9 Å². The number of methoxy groups -OCH3 is 1. The Morgan fingerprint density at radius 1 is 1.00 bits per heavy atom. The van der Waals surface area contributed by atoms with Gasteiger partial charge in [-0.05, 0) is 36.2 Å². The number of hydrogen-bond acceptors (Lipinski definition) is 3. The van der Waals surface area contributed by atoms with Crippen LogP contribution < -0.4 is 9.47 Å². The smallest absolute Gasteiger partial charge is 0.318 e. The van der Waals surface area contributed by atoms with Crippen molar-refractivity contribution in [2.24, 2.45) is 0 Å². The zero-order valence-electron chi connectivity index (χ0n) is 12.4. The molecule has 0 saturated carbocycles. The minimum atomic E-state index is -0.224. The van der Waals surface area contributed by atoms with Gasteiger partial charge in [0, 0.05) is 0 Å². The monoisotopic (exact) mass is 284 g/mol. The van der Waals surface area contributed by atoms with Crippen LogP contribution in [0.1, 0.15) is 31.2 Å². The van der Waals surface area contributed by atoms with Gasteiger partial charge in [0.15, 0.2) is 0 Å². The number of hydrogen-bond donors (Lipinski definition) is 0. The van der Waals surface area contributed by atoms with Crippen molar-refractivity contribution in [1.29, 1.82) is 0 Å². The molecule has 1 atom stereocenters. The highest BCUT2D eigenvalue weighted by Crippen LogP contribution is 2.25. The highest BCUT2D eigenvalue weighted by atomic mass is 16.5. The molecule has 0 aromatic heterocycles. The van der Waals surface area contributed by atoms with E-state index in [1.54, 1.807) is 31.4 Å². The van der Waals surface area contributed by atoms with Crippen molar-refractivity contribution < 1.29 is 14.3 Å². The van der Waals surface area contributed by atoms with E-state index in [0.717, 1.165) is 24.2 Å². The van der Waals surface area contributed by atoms with Crippen LogP contribution in [-0.2, 0) is 4.79 Å². The summed E-state index contributed by atoms with van der Waals surface area (Å²) in [7, 11) is 1.60. The summed E-state index contributed by atoms with van der Waals surface area (Å²) in [5.41, 5.74) is 0.998. The summed E-state index contributed by atoms with van der Waals surface area (Å²) in [6.45, 7) is 2.07. The predicted octanol–water partition coefficient (Wildman–Crippen LogP) is 4.18. The van der Waals surface area contributed by atoms with Gasteiger partial charge in [0.25, 0.3) is 0 Å². The first-order valence-electron chi connectivity index (χ1n) is 7.15. The fourth-order valence-corrected chi connectivity index (χ4v) is 2.23. The van der Waals surface area contributed by atoms with E-state index in [4.69, 9.17) is 9.47 Å². The number of esters is 1. The SMILES string of the molecule is CCCC(C(=O)Oc1ccc(OC)cc1)c1ccccc1. The molecule has 0 N–H and O–H groups in total. The van der Waals surface area contributed by atoms with Gasteiger partial charge in [-0.3, -0.25) is 4.79 Å². The standard InChI is InChI=1S/C18H20O3/c1-3-7-17(14-8-5-4-6-9-14)18(19)21-16-12-10-15(20-2)11-13-16/h4-6,8-13,17H,3,7H2,1-2H3. The molecule has 0 amide bonds. The molecule has 21 heavy (non-hydrogen) atoms. The van der Waals surface area contributed by atoms with Gasteiger partial charge in [0.2, 0.25) is 0 Å². The number of benzene rings is 2. The lowest BCUT2D eigenvalue weighted by Gasteiger charge is -2.15. The Kier molecular flexibility index (Phi) is 5.38. The van der Waals surface area contributed by atoms with Gasteiger partial charge < -0.3 is 9.47 Å². The quantitative estimate of drug-likeness (QED) is 0.589. The molecule has 0 radical (unpaired) electrons. The molecule has 3 nitrogen and oxygen atoms in total. The Morgan fingerprint density at radius 2 is 1.62 bits per heavy atom. The van der Waals surface area contributed by atoms with E-state index in [0.29, 0.717) is 5.75 Å². The number of carbonyl (C=O) groups excluding carboxylic acids is 1. The van der Waals surface area contributed by atoms with Crippen molar-refractivity contribution >= 4 is 5.97 Å². The zero-order chi connectivity index (χ0) is 15.1. The molecule has 2 aromatic carbocycles. The molecule has 0 fully saturated rings. The maximum atomic E-state index is 12.4. The minimum Gasteiger partial charge on any atom is -0.497 e. The fraction of sp³-hybridized carbons (Fsp3) is 0.278. The second kappa shape index (κ2) is 7.48. The Labute approximate surface area is 125 Å². The van der Waals surface area contributed by atoms with Gasteiger partial charge in [-0.25, -0.2) is 0 Å². The number of carbonyl (C=O) groups is 1. The Bertz CT molecular complexity index is 561. The highest BCUT2D eigenvalue weighted by molar-refractivity contribution is 5.80. The molecule has 3 heteroatoms. The summed E-state index contributed by atoms with van der Waals surface area (Å²) >= 11 is 0. The maximum Gasteiger partial charge on any atom is 0.318 e. The summed E-state index contributed by atoms with van der Waals surface area (Å²) in [4.78, 5) is 12.4. The largest absolute Gasteiger partial charge is 0.497 e. The molecule has 0 bridgehead atoms. The summed E-state index contributed by atoms with van der Waals surface area (Å²) < 4.78 is 10.6. The van der Waals surface area contributed by atoms with Gasteiger partial charge in [0.05, 0.1) is 13.0 Å². The summed E-state index contributed by atoms with van der Waals surface area (Å²) in [5.74, 6) is 0.840. The average molecular weight is 284 g/mol. The van der Waals surface area contributed by atoms with Crippen molar-refractivity contribution in [3.8, 4) is 11.5 Å². The molecule has 0 spiro atoms. The van der Waals surface area contributed by atoms with Gasteiger partial charge in [-0.2, -0.15) is 0 Å². The lowest BCUT2D eigenvalue weighted by molar-refractivity contribution is -0.136. The number of ether oxygens (including phenoxy) is 2. The van der Waals surface area contributed by atoms with E-state index in [9.17, 15) is 4.79 Å². The van der Waals surface area contributed by atoms with E-state index in [2.05, 4.69) is 6.92 Å². The van der Waals surface area contributed by atoms with Crippen molar-refractivity contribution in [3.63, 3.8) is 0 Å². The van der Waals surface area contributed by atoms with E-state index < -0.39 is 0 Å². The van der Waals surface area contributed by atoms with E-state index >= 15 is 0 Å². The molecule has 2 aromatic rings. The minimum absolute atomic E-state index is 0.215. The van der Waals surface area contributed by atoms with Crippen LogP contribution in [0.3, 0.4) is 0 Å². The van der Waals surface area contributed by atoms with Crippen LogP contribution in [0.5, 0.6) is 11.5 Å². The molecule has 2 rings (SSSR count). The van der Waals surface area contributed by atoms with Gasteiger partial charge in [0.1, 0.15) is 11.5 Å². The van der Waals surface area contributed by atoms with Crippen LogP contribution in [0.25, 0.3) is 0 Å². The van der Waals surface area contributed by atoms with E-state index in [1.807, 2.05) is 30.3 Å². The van der Waals surface area contributed by atoms with Crippen LogP contribution >= 0.6 is 0 Å². The normalized spacial score (nSPS) is 11.7. The Balaban J connectivity index is 2.11. The van der Waals surface area contributed by atoms with Crippen LogP contribution in [-0.4, -0.2) is 13.1 Å². The third-order valence-corrected chi connectivity index (χ3v) is 3.34. The van der Waals surface area contributed by atoms with Gasteiger partial charge in [-0.15, -0.1) is 0 Å². The lowest BCUT2D eigenvalue weighted by Crippen LogP contribution is -2.18. The summed E-state index contributed by atoms with van der Waals surface area (Å²) in [5, 5.41) is 0. The molecule has 0 aliphatic rings. The predicted molar refractivity (Wildman–Crippen MR) is 82.7 cm³/mol. The summed E-state index contributed by atoms with van der Waals surface area (Å²) in [6.07, 6.45) is 1.70. The van der Waals surface area contributed by atoms with Gasteiger partial charge in [-0.1, -0.05) is 43.7 Å². The highest BCUT2D eigenvalue weighted by Gasteiger charge is 2.21. The molecular weight excluding hydrogens is 264 g/mol. The van der Waals surface area contributed by atoms with Gasteiger partial charge >= 0.3 is 5.97 Å². The maximum absolute atomic E-state index is 12.4. The van der Waals surface area contributed by atoms with Crippen LogP contribution in [0, 0.1) is 0 Å². The van der Waals surface area contributed by atoms with Crippen LogP contribution in [0.15, 0.2) is 54.6 Å². The molecule has 1 unspecified atom stereocenters. The van der Waals surface area contributed by atoms with Crippen LogP contribution in [0.2, 0.25) is 0 Å². The first-order valence-corrected chi connectivity index (χ1v) is 7.15. The van der Waals surface area contributed by atoms with Crippen molar-refractivity contribution in [2.45, 2.75) is 25.7 Å². The molecule has 0 saturated heterocycles. The van der Waals surface area contributed by atoms with Crippen molar-refractivity contribution in [1.82, 2.24) is 0 Å². The Hall–Kier alpha value is -2.29. The van der Waals surface area contributed by atoms with Crippen molar-refractivity contribution in [2.75, 3.05) is 7.11 Å². The zero-order valence-corrected chi connectivity index (χ0v) is 12.4. The second-order valence-electron chi connectivity index (χ2n) is 4.85. The first kappa shape index (κ1) is 15.1. The molecular formula is C18H20O3. The van der Waals surface area contributed by atoms with E-state index in [1.165, 1.54) is 0 Å². The average Bonchev–Trinajstić information content (AvgIpc) is 2.54. The second-order valence-corrected chi connectivity index (χ2v) is 4.85. The Morgan fingerprint density at radius 3 is 2.19 bits per heavy atom. The molecule has 0 aliphatic heterocycles. The molecule has 0 heterocycles. The molecule has 0 aliphatic carbocycles. The lowest BCUT2D eigenvalue weighted by atomic mass is 9.95. The third-order valence-electron chi connectivity index (χ3n) is 3.34. The fourth-order valence-electron chi connectivity index (χ4n) is 2.23. The van der Waals surface area contributed by atoms with Crippen LogP contribution in [0.4, 0.5) is 0 Å². The first-order chi connectivity index (χ1) is 10.2. The summed E-state index contributed by atoms with van der Waals surface area (Å²) in [6, 6.07) is 16.8.